The highest BCUT2D eigenvalue weighted by Gasteiger charge is 2.17. The molecule has 0 unspecified atom stereocenters. The van der Waals surface area contributed by atoms with E-state index in [1.165, 1.54) is 11.1 Å². The number of allylic oxidation sites excluding steroid dienone is 1. The van der Waals surface area contributed by atoms with Crippen LogP contribution in [0.5, 0.6) is 0 Å². The van der Waals surface area contributed by atoms with Gasteiger partial charge in [-0.05, 0) is 41.7 Å². The quantitative estimate of drug-likeness (QED) is 0.693. The summed E-state index contributed by atoms with van der Waals surface area (Å²) < 4.78 is 0. The minimum atomic E-state index is 0.443. The van der Waals surface area contributed by atoms with E-state index < -0.39 is 0 Å². The minimum Gasteiger partial charge on any atom is -0.327 e. The van der Waals surface area contributed by atoms with Crippen LogP contribution in [0.4, 0.5) is 0 Å². The lowest BCUT2D eigenvalue weighted by Crippen LogP contribution is -2.30. The number of rotatable bonds is 2. The highest BCUT2D eigenvalue weighted by molar-refractivity contribution is 7.07. The molecule has 1 heterocycles. The molecular weight excluding hydrogens is 166 g/mol. The molecule has 0 amide bonds. The fourth-order valence-electron chi connectivity index (χ4n) is 1.45. The molecule has 1 aromatic heterocycles. The second-order valence-corrected chi connectivity index (χ2v) is 4.15. The summed E-state index contributed by atoms with van der Waals surface area (Å²) in [6, 6.07) is 2.62. The predicted octanol–water partition coefficient (Wildman–Crippen LogP) is 2.34. The van der Waals surface area contributed by atoms with Gasteiger partial charge in [-0.15, -0.1) is 0 Å². The Hall–Kier alpha value is -0.600. The SMILES string of the molecule is NC1CC(=CCc2ccsc2)C1. The normalized spacial score (nSPS) is 22.1. The number of thiophene rings is 1. The van der Waals surface area contributed by atoms with Gasteiger partial charge in [-0.1, -0.05) is 11.6 Å². The van der Waals surface area contributed by atoms with Gasteiger partial charge in [0.15, 0.2) is 0 Å². The Morgan fingerprint density at radius 1 is 1.58 bits per heavy atom. The highest BCUT2D eigenvalue weighted by Crippen LogP contribution is 2.24. The third-order valence-electron chi connectivity index (χ3n) is 2.26. The van der Waals surface area contributed by atoms with Crippen molar-refractivity contribution in [2.24, 2.45) is 5.73 Å². The molecule has 1 aromatic rings. The van der Waals surface area contributed by atoms with Gasteiger partial charge in [-0.25, -0.2) is 0 Å². The molecule has 0 aromatic carbocycles. The van der Waals surface area contributed by atoms with Crippen LogP contribution in [0.25, 0.3) is 0 Å². The van der Waals surface area contributed by atoms with E-state index in [4.69, 9.17) is 5.73 Å². The Kier molecular flexibility index (Phi) is 2.28. The van der Waals surface area contributed by atoms with Gasteiger partial charge in [0.05, 0.1) is 0 Å². The van der Waals surface area contributed by atoms with Crippen LogP contribution in [0.1, 0.15) is 18.4 Å². The first-order valence-corrected chi connectivity index (χ1v) is 5.23. The van der Waals surface area contributed by atoms with E-state index in [0.29, 0.717) is 6.04 Å². The Morgan fingerprint density at radius 2 is 2.42 bits per heavy atom. The molecule has 1 aliphatic rings. The first-order chi connectivity index (χ1) is 5.84. The van der Waals surface area contributed by atoms with E-state index in [2.05, 4.69) is 22.9 Å². The monoisotopic (exact) mass is 179 g/mol. The Labute approximate surface area is 76.9 Å². The van der Waals surface area contributed by atoms with E-state index in [1.807, 2.05) is 0 Å². The van der Waals surface area contributed by atoms with E-state index in [0.717, 1.165) is 19.3 Å². The summed E-state index contributed by atoms with van der Waals surface area (Å²) in [7, 11) is 0. The molecule has 1 nitrogen and oxygen atoms in total. The van der Waals surface area contributed by atoms with Crippen molar-refractivity contribution < 1.29 is 0 Å². The molecule has 0 aliphatic heterocycles. The molecule has 64 valence electrons. The molecule has 12 heavy (non-hydrogen) atoms. The fraction of sp³-hybridized carbons (Fsp3) is 0.400. The van der Waals surface area contributed by atoms with Crippen molar-refractivity contribution in [1.29, 1.82) is 0 Å². The van der Waals surface area contributed by atoms with Crippen LogP contribution in [-0.4, -0.2) is 6.04 Å². The first-order valence-electron chi connectivity index (χ1n) is 4.29. The summed E-state index contributed by atoms with van der Waals surface area (Å²) in [5.74, 6) is 0. The summed E-state index contributed by atoms with van der Waals surface area (Å²) >= 11 is 1.76. The number of nitrogens with two attached hydrogens (primary N) is 1. The van der Waals surface area contributed by atoms with Crippen LogP contribution in [0.2, 0.25) is 0 Å². The maximum absolute atomic E-state index is 5.68. The molecule has 2 heteroatoms. The average Bonchev–Trinajstić information content (AvgIpc) is 2.47. The third kappa shape index (κ3) is 1.76. The fourth-order valence-corrected chi connectivity index (χ4v) is 2.13. The maximum atomic E-state index is 5.68. The number of hydrogen-bond acceptors (Lipinski definition) is 2. The van der Waals surface area contributed by atoms with Crippen molar-refractivity contribution in [1.82, 2.24) is 0 Å². The van der Waals surface area contributed by atoms with Crippen LogP contribution in [0, 0.1) is 0 Å². The molecule has 0 bridgehead atoms. The van der Waals surface area contributed by atoms with Gasteiger partial charge in [-0.2, -0.15) is 11.3 Å². The van der Waals surface area contributed by atoms with Crippen molar-refractivity contribution in [2.45, 2.75) is 25.3 Å². The Balaban J connectivity index is 1.86. The molecule has 0 radical (unpaired) electrons. The Bertz CT molecular complexity index is 266. The smallest absolute Gasteiger partial charge is 0.0113 e. The topological polar surface area (TPSA) is 26.0 Å². The second-order valence-electron chi connectivity index (χ2n) is 3.37. The summed E-state index contributed by atoms with van der Waals surface area (Å²) in [5, 5.41) is 4.33. The second kappa shape index (κ2) is 3.42. The molecular formula is C10H13NS. The van der Waals surface area contributed by atoms with Crippen LogP contribution >= 0.6 is 11.3 Å². The van der Waals surface area contributed by atoms with Crippen LogP contribution in [0.15, 0.2) is 28.5 Å². The zero-order valence-electron chi connectivity index (χ0n) is 6.99. The molecule has 0 spiro atoms. The summed E-state index contributed by atoms with van der Waals surface area (Å²) in [6.45, 7) is 0. The largest absolute Gasteiger partial charge is 0.327 e. The van der Waals surface area contributed by atoms with Gasteiger partial charge >= 0.3 is 0 Å². The van der Waals surface area contributed by atoms with Crippen molar-refractivity contribution in [3.05, 3.63) is 34.0 Å². The van der Waals surface area contributed by atoms with Crippen molar-refractivity contribution in [3.8, 4) is 0 Å². The van der Waals surface area contributed by atoms with Crippen molar-refractivity contribution >= 4 is 11.3 Å². The zero-order chi connectivity index (χ0) is 8.39. The standard InChI is InChI=1S/C10H13NS/c11-10-5-9(6-10)2-1-8-3-4-12-7-8/h2-4,7,10H,1,5-6,11H2. The maximum Gasteiger partial charge on any atom is 0.0113 e. The van der Waals surface area contributed by atoms with Gasteiger partial charge in [0, 0.05) is 6.04 Å². The highest BCUT2D eigenvalue weighted by atomic mass is 32.1. The summed E-state index contributed by atoms with van der Waals surface area (Å²) in [5.41, 5.74) is 8.64. The molecule has 0 atom stereocenters. The molecule has 1 aliphatic carbocycles. The van der Waals surface area contributed by atoms with Crippen molar-refractivity contribution in [3.63, 3.8) is 0 Å². The lowest BCUT2D eigenvalue weighted by molar-refractivity contribution is 0.540. The van der Waals surface area contributed by atoms with Crippen LogP contribution < -0.4 is 5.73 Å². The molecule has 1 saturated carbocycles. The average molecular weight is 179 g/mol. The van der Waals surface area contributed by atoms with Gasteiger partial charge in [-0.3, -0.25) is 0 Å². The van der Waals surface area contributed by atoms with Gasteiger partial charge < -0.3 is 5.73 Å². The van der Waals surface area contributed by atoms with Crippen LogP contribution in [-0.2, 0) is 6.42 Å². The van der Waals surface area contributed by atoms with Gasteiger partial charge in [0.25, 0.3) is 0 Å². The summed E-state index contributed by atoms with van der Waals surface area (Å²) in [4.78, 5) is 0. The van der Waals surface area contributed by atoms with Gasteiger partial charge in [0.1, 0.15) is 0 Å². The summed E-state index contributed by atoms with van der Waals surface area (Å²) in [6.07, 6.45) is 5.64. The number of hydrogen-bond donors (Lipinski definition) is 1. The lowest BCUT2D eigenvalue weighted by atomic mass is 9.86. The van der Waals surface area contributed by atoms with E-state index >= 15 is 0 Å². The van der Waals surface area contributed by atoms with Crippen molar-refractivity contribution in [2.75, 3.05) is 0 Å². The van der Waals surface area contributed by atoms with E-state index in [9.17, 15) is 0 Å². The third-order valence-corrected chi connectivity index (χ3v) is 2.99. The first kappa shape index (κ1) is 8.02. The molecule has 1 fully saturated rings. The van der Waals surface area contributed by atoms with E-state index in [1.54, 1.807) is 11.3 Å². The van der Waals surface area contributed by atoms with E-state index in [-0.39, 0.29) is 0 Å². The minimum absolute atomic E-state index is 0.443. The van der Waals surface area contributed by atoms with Crippen LogP contribution in [0.3, 0.4) is 0 Å². The van der Waals surface area contributed by atoms with Gasteiger partial charge in [0.2, 0.25) is 0 Å². The lowest BCUT2D eigenvalue weighted by Gasteiger charge is -2.25. The zero-order valence-corrected chi connectivity index (χ0v) is 7.81. The molecule has 2 N–H and O–H groups in total. The molecule has 2 rings (SSSR count). The molecule has 0 saturated heterocycles. The Morgan fingerprint density at radius 3 is 3.00 bits per heavy atom. The predicted molar refractivity (Wildman–Crippen MR) is 53.3 cm³/mol.